The minimum Gasteiger partial charge on any atom is -0.465 e. The predicted molar refractivity (Wildman–Crippen MR) is 93.7 cm³/mol. The van der Waals surface area contributed by atoms with E-state index in [1.165, 1.54) is 19.5 Å². The zero-order valence-corrected chi connectivity index (χ0v) is 14.6. The summed E-state index contributed by atoms with van der Waals surface area (Å²) in [6.07, 6.45) is 2.83. The molecule has 0 saturated carbocycles. The Labute approximate surface area is 150 Å². The summed E-state index contributed by atoms with van der Waals surface area (Å²) in [5, 5.41) is 0.840. The summed E-state index contributed by atoms with van der Waals surface area (Å²) < 4.78 is 10.2. The van der Waals surface area contributed by atoms with E-state index in [1.54, 1.807) is 6.92 Å². The molecule has 0 atom stereocenters. The van der Waals surface area contributed by atoms with Crippen molar-refractivity contribution in [1.29, 1.82) is 0 Å². The monoisotopic (exact) mass is 351 g/mol. The number of carbonyl (C=O) groups is 2. The molecule has 0 amide bonds. The summed E-state index contributed by atoms with van der Waals surface area (Å²) >= 11 is 0. The lowest BCUT2D eigenvalue weighted by atomic mass is 10.0. The first-order valence-corrected chi connectivity index (χ1v) is 7.93. The van der Waals surface area contributed by atoms with E-state index in [0.29, 0.717) is 22.5 Å². The average Bonchev–Trinajstić information content (AvgIpc) is 2.66. The van der Waals surface area contributed by atoms with E-state index < -0.39 is 11.9 Å². The van der Waals surface area contributed by atoms with Crippen LogP contribution in [0, 0.1) is 13.8 Å². The van der Waals surface area contributed by atoms with Gasteiger partial charge in [0.05, 0.1) is 35.8 Å². The molecule has 0 fully saturated rings. The van der Waals surface area contributed by atoms with Gasteiger partial charge in [-0.3, -0.25) is 4.98 Å². The highest BCUT2D eigenvalue weighted by Gasteiger charge is 2.21. The highest BCUT2D eigenvalue weighted by atomic mass is 16.5. The van der Waals surface area contributed by atoms with Crippen LogP contribution in [0.1, 0.15) is 37.8 Å². The number of benzene rings is 1. The van der Waals surface area contributed by atoms with Gasteiger partial charge in [-0.2, -0.15) is 0 Å². The maximum absolute atomic E-state index is 12.2. The Morgan fingerprint density at radius 1 is 1.04 bits per heavy atom. The molecule has 0 spiro atoms. The summed E-state index contributed by atoms with van der Waals surface area (Å²) in [6.45, 7) is 3.41. The van der Waals surface area contributed by atoms with Gasteiger partial charge >= 0.3 is 11.9 Å². The lowest BCUT2D eigenvalue weighted by Crippen LogP contribution is -2.14. The number of ether oxygens (including phenoxy) is 2. The molecule has 2 heterocycles. The lowest BCUT2D eigenvalue weighted by Gasteiger charge is -2.13. The second-order valence-electron chi connectivity index (χ2n) is 5.69. The summed E-state index contributed by atoms with van der Waals surface area (Å²) in [4.78, 5) is 36.9. The van der Waals surface area contributed by atoms with E-state index in [2.05, 4.69) is 15.0 Å². The van der Waals surface area contributed by atoms with Crippen LogP contribution in [0.3, 0.4) is 0 Å². The molecule has 7 nitrogen and oxygen atoms in total. The van der Waals surface area contributed by atoms with Crippen LogP contribution in [0.2, 0.25) is 0 Å². The maximum Gasteiger partial charge on any atom is 0.358 e. The molecule has 0 aliphatic heterocycles. The van der Waals surface area contributed by atoms with Crippen molar-refractivity contribution in [1.82, 2.24) is 15.0 Å². The number of carbonyl (C=O) groups excluding carboxylic acids is 2. The molecule has 0 bridgehead atoms. The number of rotatable bonds is 4. The van der Waals surface area contributed by atoms with Crippen molar-refractivity contribution in [3.8, 4) is 0 Å². The molecule has 7 heteroatoms. The molecular formula is C19H17N3O4. The van der Waals surface area contributed by atoms with Gasteiger partial charge in [-0.25, -0.2) is 19.6 Å². The lowest BCUT2D eigenvalue weighted by molar-refractivity contribution is 0.0448. The van der Waals surface area contributed by atoms with Gasteiger partial charge < -0.3 is 9.47 Å². The van der Waals surface area contributed by atoms with Crippen molar-refractivity contribution in [2.75, 3.05) is 7.11 Å². The zero-order valence-electron chi connectivity index (χ0n) is 14.6. The third kappa shape index (κ3) is 3.37. The van der Waals surface area contributed by atoms with Crippen LogP contribution in [-0.4, -0.2) is 34.0 Å². The summed E-state index contributed by atoms with van der Waals surface area (Å²) in [5.41, 5.74) is 2.85. The van der Waals surface area contributed by atoms with Crippen LogP contribution in [0.4, 0.5) is 0 Å². The molecular weight excluding hydrogens is 334 g/mol. The Morgan fingerprint density at radius 2 is 1.81 bits per heavy atom. The highest BCUT2D eigenvalue weighted by molar-refractivity contribution is 5.98. The van der Waals surface area contributed by atoms with Crippen LogP contribution >= 0.6 is 0 Å². The average molecular weight is 351 g/mol. The molecule has 3 rings (SSSR count). The van der Waals surface area contributed by atoms with E-state index in [-0.39, 0.29) is 12.3 Å². The molecule has 0 unspecified atom stereocenters. The first-order valence-electron chi connectivity index (χ1n) is 7.93. The number of hydrogen-bond donors (Lipinski definition) is 0. The third-order valence-corrected chi connectivity index (χ3v) is 3.95. The Hall–Kier alpha value is -3.35. The molecule has 0 saturated heterocycles. The number of esters is 2. The van der Waals surface area contributed by atoms with Gasteiger partial charge in [0.2, 0.25) is 0 Å². The Bertz CT molecular complexity index is 984. The number of pyridine rings is 1. The van der Waals surface area contributed by atoms with Gasteiger partial charge in [0.15, 0.2) is 5.69 Å². The molecule has 2 aromatic heterocycles. The number of para-hydroxylation sites is 1. The predicted octanol–water partition coefficient (Wildman–Crippen LogP) is 2.79. The van der Waals surface area contributed by atoms with Crippen molar-refractivity contribution in [3.05, 3.63) is 64.9 Å². The van der Waals surface area contributed by atoms with Crippen LogP contribution in [-0.2, 0) is 16.1 Å². The van der Waals surface area contributed by atoms with E-state index in [1.807, 2.05) is 31.2 Å². The van der Waals surface area contributed by atoms with E-state index in [0.717, 1.165) is 10.9 Å². The minimum absolute atomic E-state index is 0.0905. The molecule has 0 aliphatic carbocycles. The van der Waals surface area contributed by atoms with Crippen LogP contribution in [0.15, 0.2) is 36.7 Å². The van der Waals surface area contributed by atoms with Gasteiger partial charge in [0.25, 0.3) is 0 Å². The standard InChI is InChI=1S/C19H17N3O4/c1-11-8-21-15(9-20-11)18(23)26-10-16-17(19(24)25-3)12(2)13-6-4-5-7-14(13)22-16/h4-9H,10H2,1-3H3. The molecule has 0 N–H and O–H groups in total. The van der Waals surface area contributed by atoms with Crippen molar-refractivity contribution >= 4 is 22.8 Å². The first kappa shape index (κ1) is 17.5. The molecule has 0 aliphatic rings. The number of aryl methyl sites for hydroxylation is 2. The Kier molecular flexibility index (Phi) is 4.88. The largest absolute Gasteiger partial charge is 0.465 e. The zero-order chi connectivity index (χ0) is 18.7. The molecule has 1 aromatic carbocycles. The second kappa shape index (κ2) is 7.26. The normalized spacial score (nSPS) is 10.6. The number of aromatic nitrogens is 3. The van der Waals surface area contributed by atoms with Gasteiger partial charge in [-0.15, -0.1) is 0 Å². The van der Waals surface area contributed by atoms with E-state index >= 15 is 0 Å². The van der Waals surface area contributed by atoms with Crippen LogP contribution in [0.25, 0.3) is 10.9 Å². The van der Waals surface area contributed by atoms with Crippen molar-refractivity contribution in [2.45, 2.75) is 20.5 Å². The Morgan fingerprint density at radius 3 is 2.50 bits per heavy atom. The fourth-order valence-electron chi connectivity index (χ4n) is 2.62. The molecule has 0 radical (unpaired) electrons. The van der Waals surface area contributed by atoms with Crippen molar-refractivity contribution < 1.29 is 19.1 Å². The number of hydrogen-bond acceptors (Lipinski definition) is 7. The van der Waals surface area contributed by atoms with Gasteiger partial charge in [-0.05, 0) is 25.5 Å². The summed E-state index contributed by atoms with van der Waals surface area (Å²) in [6, 6.07) is 7.43. The van der Waals surface area contributed by atoms with Crippen LogP contribution in [0.5, 0.6) is 0 Å². The fraction of sp³-hybridized carbons (Fsp3) is 0.211. The SMILES string of the molecule is COC(=O)c1c(COC(=O)c2cnc(C)cn2)nc2ccccc2c1C. The molecule has 132 valence electrons. The van der Waals surface area contributed by atoms with E-state index in [9.17, 15) is 9.59 Å². The topological polar surface area (TPSA) is 91.3 Å². The number of nitrogens with zero attached hydrogens (tertiary/aromatic N) is 3. The number of fused-ring (bicyclic) bond motifs is 1. The third-order valence-electron chi connectivity index (χ3n) is 3.95. The first-order chi connectivity index (χ1) is 12.5. The van der Waals surface area contributed by atoms with Crippen molar-refractivity contribution in [3.63, 3.8) is 0 Å². The van der Waals surface area contributed by atoms with Crippen molar-refractivity contribution in [2.24, 2.45) is 0 Å². The summed E-state index contributed by atoms with van der Waals surface area (Å²) in [5.74, 6) is -1.16. The fourth-order valence-corrected chi connectivity index (χ4v) is 2.62. The summed E-state index contributed by atoms with van der Waals surface area (Å²) in [7, 11) is 1.30. The Balaban J connectivity index is 1.94. The van der Waals surface area contributed by atoms with Gasteiger partial charge in [-0.1, -0.05) is 18.2 Å². The minimum atomic E-state index is -0.638. The van der Waals surface area contributed by atoms with Gasteiger partial charge in [0, 0.05) is 11.6 Å². The second-order valence-corrected chi connectivity index (χ2v) is 5.69. The van der Waals surface area contributed by atoms with E-state index in [4.69, 9.17) is 9.47 Å². The van der Waals surface area contributed by atoms with Crippen LogP contribution < -0.4 is 0 Å². The number of methoxy groups -OCH3 is 1. The quantitative estimate of drug-likeness (QED) is 0.667. The molecule has 3 aromatic rings. The smallest absolute Gasteiger partial charge is 0.358 e. The maximum atomic E-state index is 12.2. The van der Waals surface area contributed by atoms with Gasteiger partial charge in [0.1, 0.15) is 6.61 Å². The molecule has 26 heavy (non-hydrogen) atoms. The highest BCUT2D eigenvalue weighted by Crippen LogP contribution is 2.24.